The van der Waals surface area contributed by atoms with Crippen LogP contribution in [0.2, 0.25) is 5.02 Å². The Balaban J connectivity index is 1.84. The summed E-state index contributed by atoms with van der Waals surface area (Å²) in [7, 11) is 0. The normalized spacial score (nSPS) is 14.3. The number of carbonyl (C=O) groups is 1. The van der Waals surface area contributed by atoms with Crippen molar-refractivity contribution in [3.05, 3.63) is 35.5 Å². The minimum Gasteiger partial charge on any atom is -0.465 e. The van der Waals surface area contributed by atoms with Crippen molar-refractivity contribution >= 4 is 40.8 Å². The molecule has 126 valence electrons. The molecule has 8 nitrogen and oxygen atoms in total. The maximum atomic E-state index is 10.9. The molecule has 1 aliphatic heterocycles. The molecule has 0 saturated carbocycles. The number of para-hydroxylation sites is 2. The fourth-order valence-corrected chi connectivity index (χ4v) is 2.66. The van der Waals surface area contributed by atoms with Crippen molar-refractivity contribution in [2.45, 2.75) is 0 Å². The summed E-state index contributed by atoms with van der Waals surface area (Å²) in [6.07, 6.45) is 0.407. The third kappa shape index (κ3) is 3.84. The highest BCUT2D eigenvalue weighted by atomic mass is 35.5. The number of aromatic nitrogens is 2. The molecule has 2 heterocycles. The number of hydrogen-bond donors (Lipinski definition) is 4. The fraction of sp³-hybridized carbons (Fsp3) is 0.267. The van der Waals surface area contributed by atoms with Gasteiger partial charge in [0.25, 0.3) is 0 Å². The summed E-state index contributed by atoms with van der Waals surface area (Å²) in [6.45, 7) is 3.36. The number of amides is 1. The van der Waals surface area contributed by atoms with E-state index < -0.39 is 6.09 Å². The molecule has 0 aliphatic carbocycles. The summed E-state index contributed by atoms with van der Waals surface area (Å²) in [6, 6.07) is 6.94. The molecule has 1 fully saturated rings. The van der Waals surface area contributed by atoms with Gasteiger partial charge in [0, 0.05) is 26.2 Å². The predicted octanol–water partition coefficient (Wildman–Crippen LogP) is 2.37. The van der Waals surface area contributed by atoms with Crippen molar-refractivity contribution in [3.63, 3.8) is 0 Å². The van der Waals surface area contributed by atoms with Crippen LogP contribution in [-0.2, 0) is 0 Å². The first-order valence-corrected chi connectivity index (χ1v) is 7.85. The zero-order valence-corrected chi connectivity index (χ0v) is 13.5. The Bertz CT molecular complexity index is 736. The van der Waals surface area contributed by atoms with Crippen LogP contribution in [0.15, 0.2) is 30.5 Å². The highest BCUT2D eigenvalue weighted by Crippen LogP contribution is 2.27. The third-order valence-electron chi connectivity index (χ3n) is 3.56. The molecule has 1 amide bonds. The monoisotopic (exact) mass is 348 g/mol. The van der Waals surface area contributed by atoms with Gasteiger partial charge in [-0.15, -0.1) is 0 Å². The van der Waals surface area contributed by atoms with E-state index in [4.69, 9.17) is 16.7 Å². The lowest BCUT2D eigenvalue weighted by Crippen LogP contribution is -2.44. The minimum absolute atomic E-state index is 0.354. The summed E-state index contributed by atoms with van der Waals surface area (Å²) in [5, 5.41) is 18.0. The Hall–Kier alpha value is -2.58. The number of piperazine rings is 1. The highest BCUT2D eigenvalue weighted by Gasteiger charge is 2.16. The van der Waals surface area contributed by atoms with Crippen LogP contribution in [0.25, 0.3) is 0 Å². The summed E-state index contributed by atoms with van der Waals surface area (Å²) in [5.41, 5.74) is 0.987. The molecule has 0 unspecified atom stereocenters. The average Bonchev–Trinajstić information content (AvgIpc) is 2.59. The van der Waals surface area contributed by atoms with Gasteiger partial charge < -0.3 is 20.6 Å². The molecule has 0 atom stereocenters. The highest BCUT2D eigenvalue weighted by molar-refractivity contribution is 6.32. The van der Waals surface area contributed by atoms with Gasteiger partial charge in [0.15, 0.2) is 5.82 Å². The molecule has 1 aromatic carbocycles. The molecule has 1 saturated heterocycles. The molecule has 3 rings (SSSR count). The SMILES string of the molecule is O=C(O)Nc1ccccc1Nc1ncc(Cl)c(N2CCNCC2)n1. The number of anilines is 4. The Labute approximate surface area is 143 Å². The van der Waals surface area contributed by atoms with Crippen LogP contribution >= 0.6 is 11.6 Å². The Morgan fingerprint density at radius 3 is 2.67 bits per heavy atom. The second-order valence-electron chi connectivity index (χ2n) is 5.20. The zero-order valence-electron chi connectivity index (χ0n) is 12.8. The lowest BCUT2D eigenvalue weighted by molar-refractivity contribution is 0.210. The lowest BCUT2D eigenvalue weighted by atomic mass is 10.2. The molecule has 0 bridgehead atoms. The maximum Gasteiger partial charge on any atom is 0.409 e. The summed E-state index contributed by atoms with van der Waals surface area (Å²) >= 11 is 6.23. The standard InChI is InChI=1S/C15H17ClN6O2/c16-10-9-18-14(21-13(10)22-7-5-17-6-8-22)19-11-3-1-2-4-12(11)20-15(23)24/h1-4,9,17,20H,5-8H2,(H,23,24)(H,18,19,21). The molecular formula is C15H17ClN6O2. The Kier molecular flexibility index (Phi) is 4.97. The molecule has 1 aliphatic rings. The van der Waals surface area contributed by atoms with E-state index in [1.165, 1.54) is 0 Å². The summed E-state index contributed by atoms with van der Waals surface area (Å²) in [5.74, 6) is 1.02. The van der Waals surface area contributed by atoms with Gasteiger partial charge in [-0.3, -0.25) is 5.32 Å². The van der Waals surface area contributed by atoms with Crippen LogP contribution in [0, 0.1) is 0 Å². The van der Waals surface area contributed by atoms with E-state index in [0.717, 1.165) is 26.2 Å². The van der Waals surface area contributed by atoms with Gasteiger partial charge in [-0.2, -0.15) is 4.98 Å². The number of nitrogens with one attached hydrogen (secondary N) is 3. The molecule has 1 aromatic heterocycles. The van der Waals surface area contributed by atoms with Crippen LogP contribution in [0.5, 0.6) is 0 Å². The second kappa shape index (κ2) is 7.33. The number of carboxylic acid groups (broad SMARTS) is 1. The van der Waals surface area contributed by atoms with Crippen molar-refractivity contribution in [2.75, 3.05) is 41.7 Å². The first kappa shape index (κ1) is 16.3. The van der Waals surface area contributed by atoms with Gasteiger partial charge in [-0.1, -0.05) is 23.7 Å². The largest absolute Gasteiger partial charge is 0.465 e. The van der Waals surface area contributed by atoms with Gasteiger partial charge in [0.1, 0.15) is 5.02 Å². The van der Waals surface area contributed by atoms with Gasteiger partial charge in [0.2, 0.25) is 5.95 Å². The van der Waals surface area contributed by atoms with E-state index >= 15 is 0 Å². The van der Waals surface area contributed by atoms with Crippen molar-refractivity contribution < 1.29 is 9.90 Å². The van der Waals surface area contributed by atoms with Gasteiger partial charge in [-0.25, -0.2) is 9.78 Å². The van der Waals surface area contributed by atoms with Gasteiger partial charge in [-0.05, 0) is 12.1 Å². The molecule has 24 heavy (non-hydrogen) atoms. The van der Waals surface area contributed by atoms with Crippen LogP contribution in [0.3, 0.4) is 0 Å². The topological polar surface area (TPSA) is 102 Å². The number of hydrogen-bond acceptors (Lipinski definition) is 6. The van der Waals surface area contributed by atoms with Crippen molar-refractivity contribution in [2.24, 2.45) is 0 Å². The van der Waals surface area contributed by atoms with Crippen LogP contribution in [0.1, 0.15) is 0 Å². The van der Waals surface area contributed by atoms with Crippen molar-refractivity contribution in [1.29, 1.82) is 0 Å². The molecule has 0 spiro atoms. The van der Waals surface area contributed by atoms with Crippen molar-refractivity contribution in [3.8, 4) is 0 Å². The molecule has 0 radical (unpaired) electrons. The number of benzene rings is 1. The average molecular weight is 349 g/mol. The quantitative estimate of drug-likeness (QED) is 0.672. The zero-order chi connectivity index (χ0) is 16.9. The van der Waals surface area contributed by atoms with E-state index in [1.807, 2.05) is 0 Å². The van der Waals surface area contributed by atoms with E-state index in [1.54, 1.807) is 30.5 Å². The molecule has 4 N–H and O–H groups in total. The molecule has 9 heteroatoms. The minimum atomic E-state index is -1.14. The summed E-state index contributed by atoms with van der Waals surface area (Å²) < 4.78 is 0. The van der Waals surface area contributed by atoms with Crippen LogP contribution < -0.4 is 20.9 Å². The predicted molar refractivity (Wildman–Crippen MR) is 93.5 cm³/mol. The second-order valence-corrected chi connectivity index (χ2v) is 5.61. The van der Waals surface area contributed by atoms with Gasteiger partial charge >= 0.3 is 6.09 Å². The van der Waals surface area contributed by atoms with E-state index in [0.29, 0.717) is 28.2 Å². The molecule has 2 aromatic rings. The van der Waals surface area contributed by atoms with Crippen LogP contribution in [-0.4, -0.2) is 47.3 Å². The number of rotatable bonds is 4. The van der Waals surface area contributed by atoms with E-state index in [-0.39, 0.29) is 0 Å². The Morgan fingerprint density at radius 1 is 1.25 bits per heavy atom. The van der Waals surface area contributed by atoms with Crippen molar-refractivity contribution in [1.82, 2.24) is 15.3 Å². The van der Waals surface area contributed by atoms with E-state index in [9.17, 15) is 4.79 Å². The first-order valence-electron chi connectivity index (χ1n) is 7.47. The maximum absolute atomic E-state index is 10.9. The smallest absolute Gasteiger partial charge is 0.409 e. The number of halogens is 1. The summed E-state index contributed by atoms with van der Waals surface area (Å²) in [4.78, 5) is 21.6. The third-order valence-corrected chi connectivity index (χ3v) is 3.82. The molecular weight excluding hydrogens is 332 g/mol. The van der Waals surface area contributed by atoms with E-state index in [2.05, 4.69) is 30.8 Å². The lowest BCUT2D eigenvalue weighted by Gasteiger charge is -2.29. The first-order chi connectivity index (χ1) is 11.6. The van der Waals surface area contributed by atoms with Gasteiger partial charge in [0.05, 0.1) is 17.6 Å². The van der Waals surface area contributed by atoms with Crippen LogP contribution in [0.4, 0.5) is 27.9 Å². The Morgan fingerprint density at radius 2 is 1.96 bits per heavy atom. The fourth-order valence-electron chi connectivity index (χ4n) is 2.45. The number of nitrogens with zero attached hydrogens (tertiary/aromatic N) is 3.